The Bertz CT molecular complexity index is 316. The van der Waals surface area contributed by atoms with E-state index in [9.17, 15) is 0 Å². The van der Waals surface area contributed by atoms with Gasteiger partial charge in [0.2, 0.25) is 5.89 Å². The molecule has 1 N–H and O–H groups in total. The fourth-order valence-electron chi connectivity index (χ4n) is 1.97. The molecule has 1 saturated heterocycles. The van der Waals surface area contributed by atoms with E-state index in [1.165, 1.54) is 0 Å². The topological polar surface area (TPSA) is 54.2 Å². The average Bonchev–Trinajstić information content (AvgIpc) is 2.47. The lowest BCUT2D eigenvalue weighted by atomic mass is 9.82. The van der Waals surface area contributed by atoms with Crippen molar-refractivity contribution in [3.05, 3.63) is 5.89 Å². The van der Waals surface area contributed by atoms with Gasteiger partial charge in [-0.05, 0) is 12.2 Å². The minimum Gasteiger partial charge on any atom is -0.338 e. The number of nitrogens with one attached hydrogen (secondary N) is 1. The maximum atomic E-state index is 4.93. The van der Waals surface area contributed by atoms with Crippen molar-refractivity contribution in [2.45, 2.75) is 13.8 Å². The fraction of sp³-hybridized carbons (Fsp3) is 0.778. The monoisotopic (exact) mass is 196 g/mol. The second kappa shape index (κ2) is 3.24. The summed E-state index contributed by atoms with van der Waals surface area (Å²) in [5, 5.41) is 7.08. The lowest BCUT2D eigenvalue weighted by Gasteiger charge is -2.47. The molecule has 14 heavy (non-hydrogen) atoms. The van der Waals surface area contributed by atoms with Gasteiger partial charge in [0.15, 0.2) is 0 Å². The van der Waals surface area contributed by atoms with Gasteiger partial charge in [-0.2, -0.15) is 4.98 Å². The fourth-order valence-corrected chi connectivity index (χ4v) is 1.97. The molecular weight excluding hydrogens is 180 g/mol. The molecule has 0 aromatic carbocycles. The number of hydrogen-bond acceptors (Lipinski definition) is 5. The highest BCUT2D eigenvalue weighted by Gasteiger charge is 2.39. The van der Waals surface area contributed by atoms with E-state index in [0.29, 0.717) is 11.3 Å². The van der Waals surface area contributed by atoms with Crippen molar-refractivity contribution in [1.29, 1.82) is 0 Å². The number of anilines is 1. The van der Waals surface area contributed by atoms with Crippen LogP contribution in [-0.4, -0.2) is 36.8 Å². The van der Waals surface area contributed by atoms with Crippen molar-refractivity contribution in [2.24, 2.45) is 5.41 Å². The molecule has 0 spiro atoms. The van der Waals surface area contributed by atoms with Gasteiger partial charge in [-0.25, -0.2) is 0 Å². The van der Waals surface area contributed by atoms with E-state index < -0.39 is 0 Å². The molecule has 1 aromatic heterocycles. The largest absolute Gasteiger partial charge is 0.338 e. The maximum absolute atomic E-state index is 4.93. The molecule has 0 aliphatic carbocycles. The van der Waals surface area contributed by atoms with Crippen LogP contribution >= 0.6 is 0 Å². The Balaban J connectivity index is 1.94. The second-order valence-electron chi connectivity index (χ2n) is 4.31. The minimum atomic E-state index is 0.350. The van der Waals surface area contributed by atoms with Gasteiger partial charge in [0.05, 0.1) is 0 Å². The predicted molar refractivity (Wildman–Crippen MR) is 53.3 cm³/mol. The number of nitrogens with zero attached hydrogens (tertiary/aromatic N) is 3. The van der Waals surface area contributed by atoms with E-state index in [-0.39, 0.29) is 0 Å². The van der Waals surface area contributed by atoms with E-state index in [2.05, 4.69) is 27.3 Å². The van der Waals surface area contributed by atoms with Crippen LogP contribution in [0.25, 0.3) is 0 Å². The van der Waals surface area contributed by atoms with Gasteiger partial charge in [0.25, 0.3) is 5.95 Å². The van der Waals surface area contributed by atoms with E-state index in [0.717, 1.165) is 25.6 Å². The van der Waals surface area contributed by atoms with Crippen molar-refractivity contribution in [1.82, 2.24) is 15.5 Å². The molecule has 0 saturated carbocycles. The third-order valence-electron chi connectivity index (χ3n) is 2.55. The van der Waals surface area contributed by atoms with Crippen LogP contribution < -0.4 is 10.2 Å². The molecule has 1 aromatic rings. The molecule has 1 aliphatic rings. The second-order valence-corrected chi connectivity index (χ2v) is 4.31. The third kappa shape index (κ3) is 1.59. The predicted octanol–water partition coefficient (Wildman–Crippen LogP) is 0.424. The van der Waals surface area contributed by atoms with Crippen LogP contribution in [0, 0.1) is 12.3 Å². The third-order valence-corrected chi connectivity index (χ3v) is 2.55. The number of hydrogen-bond donors (Lipinski definition) is 1. The number of aryl methyl sites for hydroxylation is 1. The van der Waals surface area contributed by atoms with Gasteiger partial charge in [-0.1, -0.05) is 6.92 Å². The van der Waals surface area contributed by atoms with Crippen LogP contribution in [0.1, 0.15) is 12.8 Å². The molecular formula is C9H16N4O. The standard InChI is InChI=1S/C9H16N4O/c1-7-11-8(12-14-7)13-5-9(2,6-13)4-10-3/h10H,4-6H2,1-3H3. The van der Waals surface area contributed by atoms with Crippen LogP contribution in [-0.2, 0) is 0 Å². The Morgan fingerprint density at radius 2 is 2.29 bits per heavy atom. The summed E-state index contributed by atoms with van der Waals surface area (Å²) in [6.45, 7) is 7.08. The SMILES string of the molecule is CNCC1(C)CN(c2noc(C)n2)C1. The van der Waals surface area contributed by atoms with Crippen LogP contribution in [0.3, 0.4) is 0 Å². The van der Waals surface area contributed by atoms with Crippen molar-refractivity contribution < 1.29 is 4.52 Å². The van der Waals surface area contributed by atoms with Crippen molar-refractivity contribution in [3.8, 4) is 0 Å². The lowest BCUT2D eigenvalue weighted by Crippen LogP contribution is -2.59. The van der Waals surface area contributed by atoms with Gasteiger partial charge in [0, 0.05) is 32.0 Å². The molecule has 0 unspecified atom stereocenters. The molecule has 2 heterocycles. The zero-order valence-corrected chi connectivity index (χ0v) is 8.87. The lowest BCUT2D eigenvalue weighted by molar-refractivity contribution is 0.233. The molecule has 1 aliphatic heterocycles. The van der Waals surface area contributed by atoms with Crippen molar-refractivity contribution >= 4 is 5.95 Å². The van der Waals surface area contributed by atoms with Crippen LogP contribution in [0.2, 0.25) is 0 Å². The zero-order valence-electron chi connectivity index (χ0n) is 8.87. The summed E-state index contributed by atoms with van der Waals surface area (Å²) in [5.41, 5.74) is 0.350. The molecule has 2 rings (SSSR count). The van der Waals surface area contributed by atoms with E-state index in [4.69, 9.17) is 4.52 Å². The molecule has 0 radical (unpaired) electrons. The van der Waals surface area contributed by atoms with Gasteiger partial charge >= 0.3 is 0 Å². The smallest absolute Gasteiger partial charge is 0.266 e. The number of aromatic nitrogens is 2. The maximum Gasteiger partial charge on any atom is 0.266 e. The molecule has 5 nitrogen and oxygen atoms in total. The Morgan fingerprint density at radius 1 is 1.57 bits per heavy atom. The highest BCUT2D eigenvalue weighted by molar-refractivity contribution is 5.34. The van der Waals surface area contributed by atoms with E-state index in [1.807, 2.05) is 14.0 Å². The summed E-state index contributed by atoms with van der Waals surface area (Å²) < 4.78 is 4.93. The van der Waals surface area contributed by atoms with Gasteiger partial charge in [0.1, 0.15) is 0 Å². The number of rotatable bonds is 3. The average molecular weight is 196 g/mol. The van der Waals surface area contributed by atoms with Gasteiger partial charge < -0.3 is 14.7 Å². The normalized spacial score (nSPS) is 19.5. The molecule has 0 bridgehead atoms. The van der Waals surface area contributed by atoms with Gasteiger partial charge in [-0.15, -0.1) is 0 Å². The minimum absolute atomic E-state index is 0.350. The Morgan fingerprint density at radius 3 is 2.79 bits per heavy atom. The summed E-state index contributed by atoms with van der Waals surface area (Å²) in [4.78, 5) is 6.32. The summed E-state index contributed by atoms with van der Waals surface area (Å²) in [5.74, 6) is 1.35. The summed E-state index contributed by atoms with van der Waals surface area (Å²) in [6.07, 6.45) is 0. The molecule has 1 fully saturated rings. The van der Waals surface area contributed by atoms with Crippen molar-refractivity contribution in [3.63, 3.8) is 0 Å². The zero-order chi connectivity index (χ0) is 10.2. The molecule has 5 heteroatoms. The molecule has 0 atom stereocenters. The first kappa shape index (κ1) is 9.45. The van der Waals surface area contributed by atoms with Gasteiger partial charge in [-0.3, -0.25) is 0 Å². The van der Waals surface area contributed by atoms with Crippen LogP contribution in [0.4, 0.5) is 5.95 Å². The Hall–Kier alpha value is -1.10. The Labute approximate surface area is 83.5 Å². The highest BCUT2D eigenvalue weighted by Crippen LogP contribution is 2.31. The van der Waals surface area contributed by atoms with Crippen LogP contribution in [0.5, 0.6) is 0 Å². The molecule has 0 amide bonds. The molecule has 78 valence electrons. The summed E-state index contributed by atoms with van der Waals surface area (Å²) in [6, 6.07) is 0. The highest BCUT2D eigenvalue weighted by atomic mass is 16.5. The van der Waals surface area contributed by atoms with E-state index in [1.54, 1.807) is 0 Å². The van der Waals surface area contributed by atoms with Crippen LogP contribution in [0.15, 0.2) is 4.52 Å². The van der Waals surface area contributed by atoms with E-state index >= 15 is 0 Å². The first-order chi connectivity index (χ1) is 6.63. The summed E-state index contributed by atoms with van der Waals surface area (Å²) >= 11 is 0. The van der Waals surface area contributed by atoms with Crippen molar-refractivity contribution in [2.75, 3.05) is 31.6 Å². The first-order valence-electron chi connectivity index (χ1n) is 4.83. The Kier molecular flexibility index (Phi) is 2.19. The summed E-state index contributed by atoms with van der Waals surface area (Å²) in [7, 11) is 1.98. The quantitative estimate of drug-likeness (QED) is 0.759. The first-order valence-corrected chi connectivity index (χ1v) is 4.83.